The highest BCUT2D eigenvalue weighted by Crippen LogP contribution is 2.68. The van der Waals surface area contributed by atoms with Crippen LogP contribution in [0, 0.1) is 52.3 Å². The van der Waals surface area contributed by atoms with Gasteiger partial charge in [0.25, 0.3) is 0 Å². The number of nitrogens with one attached hydrogen (secondary N) is 1. The van der Waals surface area contributed by atoms with E-state index < -0.39 is 129 Å². The molecule has 20 heteroatoms. The first kappa shape index (κ1) is 56.4. The van der Waals surface area contributed by atoms with Gasteiger partial charge in [-0.1, -0.05) is 53.9 Å². The van der Waals surface area contributed by atoms with Gasteiger partial charge in [0.2, 0.25) is 0 Å². The first-order chi connectivity index (χ1) is 33.8. The Morgan fingerprint density at radius 2 is 1.21 bits per heavy atom. The van der Waals surface area contributed by atoms with E-state index in [9.17, 15) is 35.7 Å². The fourth-order valence-electron chi connectivity index (χ4n) is 15.6. The molecule has 5 aliphatic carbocycles. The Kier molecular flexibility index (Phi) is 18.6. The van der Waals surface area contributed by atoms with E-state index in [1.807, 2.05) is 0 Å². The topological polar surface area (TPSA) is 348 Å². The number of nitrogens with two attached hydrogens (primary N) is 5. The van der Waals surface area contributed by atoms with E-state index in [-0.39, 0.29) is 31.2 Å². The summed E-state index contributed by atoms with van der Waals surface area (Å²) in [4.78, 5) is 0. The first-order valence-corrected chi connectivity index (χ1v) is 27.4. The van der Waals surface area contributed by atoms with Crippen molar-refractivity contribution in [2.24, 2.45) is 80.9 Å². The molecule has 0 radical (unpaired) electrons. The Morgan fingerprint density at radius 1 is 0.606 bits per heavy atom. The zero-order chi connectivity index (χ0) is 51.3. The predicted octanol–water partition coefficient (Wildman–Crippen LogP) is -0.800. The molecule has 0 aromatic rings. The fourth-order valence-corrected chi connectivity index (χ4v) is 15.6. The summed E-state index contributed by atoms with van der Waals surface area (Å²) in [5.74, 6) is 5.28. The van der Waals surface area contributed by atoms with Crippen LogP contribution in [0.25, 0.3) is 0 Å². The van der Waals surface area contributed by atoms with Crippen molar-refractivity contribution in [3.05, 3.63) is 0 Å². The summed E-state index contributed by atoms with van der Waals surface area (Å²) in [5.41, 5.74) is 32.3. The quantitative estimate of drug-likeness (QED) is 0.0748. The van der Waals surface area contributed by atoms with Crippen LogP contribution in [-0.2, 0) is 33.2 Å². The SMILES string of the molecule is CC(C)CCCC(C)[C@@H]1CC[C@H]2[C@@H]3CC[C@H]4C[C@@H](NCO[C@H]5[C@H](O[C@@H]6[C@@H](O)[C@H](N)C[C@H](N)[C@H]6O[C@H]6O[C@H](CO)[C@@H](O)[C@H](O)[C@H]6N)O[C@H](CO)[C@H]5O[C@H]5O[C@@H](CN)[C@@H](O)[C@H](O)[C@H]5N)CC[C@]4(C)[C@H]3CC[C@]12C. The molecule has 3 heterocycles. The van der Waals surface area contributed by atoms with Crippen LogP contribution in [0.1, 0.15) is 118 Å². The summed E-state index contributed by atoms with van der Waals surface area (Å²) in [6.45, 7) is 11.1. The molecule has 20 nitrogen and oxygen atoms in total. The average Bonchev–Trinajstić information content (AvgIpc) is 3.87. The van der Waals surface area contributed by atoms with Gasteiger partial charge in [-0.15, -0.1) is 0 Å². The van der Waals surface area contributed by atoms with Gasteiger partial charge in [-0.25, -0.2) is 0 Å². The summed E-state index contributed by atoms with van der Waals surface area (Å²) < 4.78 is 44.0. The van der Waals surface area contributed by atoms with Crippen molar-refractivity contribution >= 4 is 0 Å². The second-order valence-electron chi connectivity index (χ2n) is 24.3. The van der Waals surface area contributed by atoms with Crippen LogP contribution in [0.5, 0.6) is 0 Å². The molecular weight excluding hydrogens is 921 g/mol. The lowest BCUT2D eigenvalue weighted by molar-refractivity contribution is -0.312. The molecule has 8 aliphatic rings. The number of aliphatic hydroxyl groups is 7. The second-order valence-corrected chi connectivity index (χ2v) is 24.3. The minimum Gasteiger partial charge on any atom is -0.394 e. The highest BCUT2D eigenvalue weighted by molar-refractivity contribution is 5.10. The van der Waals surface area contributed by atoms with E-state index in [1.165, 1.54) is 57.8 Å². The van der Waals surface area contributed by atoms with Crippen LogP contribution in [0.2, 0.25) is 0 Å². The molecule has 5 saturated carbocycles. The maximum Gasteiger partial charge on any atom is 0.187 e. The highest BCUT2D eigenvalue weighted by Gasteiger charge is 2.61. The Morgan fingerprint density at radius 3 is 1.87 bits per heavy atom. The Hall–Kier alpha value is -0.800. The van der Waals surface area contributed by atoms with Gasteiger partial charge >= 0.3 is 0 Å². The minimum atomic E-state index is -1.52. The van der Waals surface area contributed by atoms with E-state index in [4.69, 9.17) is 61.8 Å². The number of hydrogen-bond donors (Lipinski definition) is 13. The molecule has 8 fully saturated rings. The van der Waals surface area contributed by atoms with Crippen LogP contribution in [0.4, 0.5) is 0 Å². The molecule has 3 aliphatic heterocycles. The fraction of sp³-hybridized carbons (Fsp3) is 1.00. The Labute approximate surface area is 421 Å². The molecule has 1 unspecified atom stereocenters. The van der Waals surface area contributed by atoms with Crippen molar-refractivity contribution in [1.82, 2.24) is 5.32 Å². The van der Waals surface area contributed by atoms with Crippen LogP contribution >= 0.6 is 0 Å². The smallest absolute Gasteiger partial charge is 0.187 e. The molecule has 412 valence electrons. The first-order valence-electron chi connectivity index (χ1n) is 27.4. The Bertz CT molecular complexity index is 1700. The zero-order valence-corrected chi connectivity index (χ0v) is 43.0. The third-order valence-electron chi connectivity index (χ3n) is 19.8. The number of rotatable bonds is 18. The summed E-state index contributed by atoms with van der Waals surface area (Å²) in [6, 6.07) is -4.07. The van der Waals surface area contributed by atoms with Gasteiger partial charge in [0.1, 0.15) is 67.1 Å². The molecule has 0 spiro atoms. The van der Waals surface area contributed by atoms with Crippen molar-refractivity contribution in [2.45, 2.75) is 240 Å². The van der Waals surface area contributed by atoms with Crippen molar-refractivity contribution in [3.63, 3.8) is 0 Å². The molecule has 0 aromatic heterocycles. The molecule has 0 amide bonds. The summed E-state index contributed by atoms with van der Waals surface area (Å²) in [7, 11) is 0. The van der Waals surface area contributed by atoms with E-state index in [0.29, 0.717) is 11.3 Å². The summed E-state index contributed by atoms with van der Waals surface area (Å²) >= 11 is 0. The van der Waals surface area contributed by atoms with Crippen molar-refractivity contribution in [2.75, 3.05) is 26.5 Å². The number of fused-ring (bicyclic) bond motifs is 5. The van der Waals surface area contributed by atoms with Crippen molar-refractivity contribution in [1.29, 1.82) is 0 Å². The van der Waals surface area contributed by atoms with Crippen LogP contribution in [-0.4, -0.2) is 185 Å². The maximum atomic E-state index is 11.6. The molecule has 8 rings (SSSR count). The van der Waals surface area contributed by atoms with Gasteiger partial charge in [-0.05, 0) is 116 Å². The van der Waals surface area contributed by atoms with Gasteiger partial charge in [-0.3, -0.25) is 5.32 Å². The largest absolute Gasteiger partial charge is 0.394 e. The summed E-state index contributed by atoms with van der Waals surface area (Å²) in [6.07, 6.45) is -4.24. The van der Waals surface area contributed by atoms with Gasteiger partial charge in [0, 0.05) is 24.7 Å². The van der Waals surface area contributed by atoms with Gasteiger partial charge in [0.05, 0.1) is 38.1 Å². The Balaban J connectivity index is 0.960. The molecule has 0 aromatic carbocycles. The lowest BCUT2D eigenvalue weighted by Crippen LogP contribution is -2.68. The summed E-state index contributed by atoms with van der Waals surface area (Å²) in [5, 5.41) is 78.6. The highest BCUT2D eigenvalue weighted by atomic mass is 16.8. The van der Waals surface area contributed by atoms with E-state index in [0.717, 1.165) is 54.8 Å². The molecule has 18 N–H and O–H groups in total. The van der Waals surface area contributed by atoms with E-state index in [1.54, 1.807) is 0 Å². The van der Waals surface area contributed by atoms with Crippen LogP contribution in [0.3, 0.4) is 0 Å². The van der Waals surface area contributed by atoms with Crippen LogP contribution in [0.15, 0.2) is 0 Å². The standard InChI is InChI=1S/C51H94N6O14/c1-23(2)7-6-8-24(3)28-11-12-29-27-10-9-25-17-26(13-15-50(25,4)30(27)14-16-51(28,29)5)57-22-65-46-44(70-47-36(55)41(63)39(61)33(19-52)66-47)35(21-59)68-49(46)71-45-38(60)31(53)18-32(54)43(45)69-48-37(56)42(64)40(62)34(20-58)67-48/h23-49,57-64H,6-22,52-56H2,1-5H3/t24?,25-,26-,27-,28-,29-,30-,31+,32-,33-,34+,35+,36+,37+,38-,39+,40+,41+,42+,43+,44+,45+,46+,47+,48+,49-,50-,51+/m0/s1. The predicted molar refractivity (Wildman–Crippen MR) is 260 cm³/mol. The van der Waals surface area contributed by atoms with Crippen molar-refractivity contribution in [3.8, 4) is 0 Å². The molecule has 0 bridgehead atoms. The molecule has 28 atom stereocenters. The van der Waals surface area contributed by atoms with Crippen LogP contribution < -0.4 is 34.0 Å². The third kappa shape index (κ3) is 11.2. The third-order valence-corrected chi connectivity index (χ3v) is 19.8. The molecule has 3 saturated heterocycles. The minimum absolute atomic E-state index is 0.0350. The average molecular weight is 1020 g/mol. The normalized spacial score (nSPS) is 51.7. The zero-order valence-electron chi connectivity index (χ0n) is 43.0. The number of ether oxygens (including phenoxy) is 7. The van der Waals surface area contributed by atoms with Crippen molar-refractivity contribution < 1.29 is 68.9 Å². The maximum absolute atomic E-state index is 11.6. The second kappa shape index (κ2) is 23.4. The molecular formula is C51H94N6O14. The lowest BCUT2D eigenvalue weighted by atomic mass is 9.44. The van der Waals surface area contributed by atoms with E-state index >= 15 is 0 Å². The number of aliphatic hydroxyl groups excluding tert-OH is 7. The van der Waals surface area contributed by atoms with E-state index in [2.05, 4.69) is 39.9 Å². The van der Waals surface area contributed by atoms with Gasteiger partial charge in [-0.2, -0.15) is 0 Å². The number of hydrogen-bond acceptors (Lipinski definition) is 20. The van der Waals surface area contributed by atoms with Gasteiger partial charge in [0.15, 0.2) is 18.9 Å². The van der Waals surface area contributed by atoms with Gasteiger partial charge < -0.3 is 97.6 Å². The monoisotopic (exact) mass is 1010 g/mol. The lowest BCUT2D eigenvalue weighted by Gasteiger charge is -2.61. The molecule has 71 heavy (non-hydrogen) atoms.